The van der Waals surface area contributed by atoms with Gasteiger partial charge in [0.05, 0.1) is 39.9 Å². The summed E-state index contributed by atoms with van der Waals surface area (Å²) in [5.41, 5.74) is 0. The van der Waals surface area contributed by atoms with E-state index in [1.165, 1.54) is 161 Å². The number of hydrogen-bond donors (Lipinski definition) is 3. The van der Waals surface area contributed by atoms with E-state index < -0.39 is 20.0 Å². The number of nitrogens with zero attached hydrogens (tertiary/aromatic N) is 1. The van der Waals surface area contributed by atoms with Crippen LogP contribution in [0.15, 0.2) is 60.8 Å². The van der Waals surface area contributed by atoms with Gasteiger partial charge in [0.1, 0.15) is 13.2 Å². The first-order valence-corrected chi connectivity index (χ1v) is 30.2. The first-order chi connectivity index (χ1) is 33.0. The van der Waals surface area contributed by atoms with Crippen molar-refractivity contribution in [3.8, 4) is 0 Å². The number of hydrogen-bond acceptors (Lipinski definition) is 5. The average Bonchev–Trinajstić information content (AvgIpc) is 3.30. The van der Waals surface area contributed by atoms with Crippen molar-refractivity contribution >= 4 is 13.7 Å². The second-order valence-electron chi connectivity index (χ2n) is 20.6. The van der Waals surface area contributed by atoms with Crippen LogP contribution in [-0.4, -0.2) is 73.4 Å². The van der Waals surface area contributed by atoms with Crippen LogP contribution in [0.2, 0.25) is 0 Å². The van der Waals surface area contributed by atoms with Gasteiger partial charge in [0.2, 0.25) is 5.91 Å². The van der Waals surface area contributed by atoms with E-state index in [2.05, 4.69) is 67.8 Å². The van der Waals surface area contributed by atoms with Gasteiger partial charge in [-0.3, -0.25) is 13.8 Å². The van der Waals surface area contributed by atoms with Gasteiger partial charge in [0.25, 0.3) is 0 Å². The summed E-state index contributed by atoms with van der Waals surface area (Å²) in [5.74, 6) is -0.200. The molecule has 0 aromatic rings. The molecular weight excluding hydrogens is 864 g/mol. The second kappa shape index (κ2) is 50.2. The van der Waals surface area contributed by atoms with Gasteiger partial charge in [0, 0.05) is 6.42 Å². The molecule has 0 bridgehead atoms. The van der Waals surface area contributed by atoms with E-state index >= 15 is 0 Å². The summed E-state index contributed by atoms with van der Waals surface area (Å²) < 4.78 is 23.7. The Morgan fingerprint density at radius 1 is 0.515 bits per heavy atom. The van der Waals surface area contributed by atoms with Crippen molar-refractivity contribution in [3.05, 3.63) is 60.8 Å². The molecule has 0 aromatic heterocycles. The van der Waals surface area contributed by atoms with Crippen LogP contribution in [0.3, 0.4) is 0 Å². The highest BCUT2D eigenvalue weighted by atomic mass is 31.2. The van der Waals surface area contributed by atoms with Crippen LogP contribution in [-0.2, 0) is 18.4 Å². The molecule has 0 saturated carbocycles. The Labute approximate surface area is 422 Å². The summed E-state index contributed by atoms with van der Waals surface area (Å²) >= 11 is 0. The molecule has 398 valence electrons. The van der Waals surface area contributed by atoms with Gasteiger partial charge in [-0.1, -0.05) is 254 Å². The summed E-state index contributed by atoms with van der Waals surface area (Å²) in [5, 5.41) is 13.9. The first kappa shape index (κ1) is 66.2. The van der Waals surface area contributed by atoms with E-state index in [4.69, 9.17) is 9.05 Å². The van der Waals surface area contributed by atoms with E-state index in [-0.39, 0.29) is 19.1 Å². The number of rotatable bonds is 52. The Kier molecular flexibility index (Phi) is 48.8. The van der Waals surface area contributed by atoms with E-state index in [9.17, 15) is 19.4 Å². The fourth-order valence-corrected chi connectivity index (χ4v) is 9.01. The topological polar surface area (TPSA) is 105 Å². The number of nitrogens with one attached hydrogen (secondary N) is 1. The number of carbonyl (C=O) groups is 1. The molecule has 3 unspecified atom stereocenters. The molecule has 0 aliphatic heterocycles. The summed E-state index contributed by atoms with van der Waals surface area (Å²) in [6, 6.07) is -0.863. The maximum Gasteiger partial charge on any atom is 0.472 e. The number of aliphatic hydroxyl groups excluding tert-OH is 1. The maximum absolute atomic E-state index is 12.9. The minimum atomic E-state index is -4.36. The Bertz CT molecular complexity index is 1290. The number of allylic oxidation sites excluding steroid dienone is 9. The number of quaternary nitrogens is 1. The molecule has 9 heteroatoms. The standard InChI is InChI=1S/C59H111N2O6P/c1-6-8-10-12-14-16-18-20-22-24-25-26-27-28-29-30-31-32-33-34-35-37-38-40-42-44-46-48-50-52-58(62)57(56-67-68(64,65)66-55-54-61(3,4)5)60-59(63)53-51-49-47-45-43-41-39-36-23-21-19-17-15-13-11-9-7-2/h9,11,15,17,21,23,39,41,50,52,57-58,62H,6-8,10,12-14,16,18-20,22,24-38,40,42-49,51,53-56H2,1-5H3,(H-,60,63,64,65)/p+1/b11-9-,17-15-,23-21-,41-39-,52-50+. The van der Waals surface area contributed by atoms with Gasteiger partial charge >= 0.3 is 7.82 Å². The summed E-state index contributed by atoms with van der Waals surface area (Å²) in [7, 11) is 1.55. The van der Waals surface area contributed by atoms with Crippen LogP contribution in [0.25, 0.3) is 0 Å². The van der Waals surface area contributed by atoms with Crippen molar-refractivity contribution in [2.75, 3.05) is 40.9 Å². The van der Waals surface area contributed by atoms with Gasteiger partial charge in [-0.15, -0.1) is 0 Å². The van der Waals surface area contributed by atoms with Gasteiger partial charge < -0.3 is 19.8 Å². The summed E-state index contributed by atoms with van der Waals surface area (Å²) in [6.45, 7) is 4.70. The van der Waals surface area contributed by atoms with E-state index in [1.54, 1.807) is 6.08 Å². The Morgan fingerprint density at radius 3 is 1.29 bits per heavy atom. The molecule has 3 atom stereocenters. The molecule has 0 saturated heterocycles. The number of unbranched alkanes of at least 4 members (excludes halogenated alkanes) is 31. The average molecular weight is 977 g/mol. The third-order valence-electron chi connectivity index (χ3n) is 12.7. The van der Waals surface area contributed by atoms with Gasteiger partial charge in [0.15, 0.2) is 0 Å². The predicted octanol–water partition coefficient (Wildman–Crippen LogP) is 17.3. The lowest BCUT2D eigenvalue weighted by Gasteiger charge is -2.25. The van der Waals surface area contributed by atoms with Crippen molar-refractivity contribution in [2.24, 2.45) is 0 Å². The molecule has 3 N–H and O–H groups in total. The lowest BCUT2D eigenvalue weighted by Crippen LogP contribution is -2.45. The second-order valence-corrected chi connectivity index (χ2v) is 22.1. The highest BCUT2D eigenvalue weighted by Gasteiger charge is 2.27. The van der Waals surface area contributed by atoms with Crippen LogP contribution in [0.4, 0.5) is 0 Å². The number of phosphoric ester groups is 1. The molecule has 0 spiro atoms. The Balaban J connectivity index is 4.18. The molecule has 0 aromatic carbocycles. The number of likely N-dealkylation sites (N-methyl/N-ethyl adjacent to an activating group) is 1. The molecule has 0 aliphatic rings. The highest BCUT2D eigenvalue weighted by Crippen LogP contribution is 2.43. The zero-order valence-corrected chi connectivity index (χ0v) is 46.2. The monoisotopic (exact) mass is 976 g/mol. The van der Waals surface area contributed by atoms with Crippen molar-refractivity contribution < 1.29 is 32.9 Å². The van der Waals surface area contributed by atoms with Crippen molar-refractivity contribution in [2.45, 2.75) is 270 Å². The minimum absolute atomic E-state index is 0.0543. The van der Waals surface area contributed by atoms with Crippen LogP contribution in [0.5, 0.6) is 0 Å². The first-order valence-electron chi connectivity index (χ1n) is 28.7. The predicted molar refractivity (Wildman–Crippen MR) is 295 cm³/mol. The van der Waals surface area contributed by atoms with E-state index in [1.807, 2.05) is 27.2 Å². The largest absolute Gasteiger partial charge is 0.472 e. The van der Waals surface area contributed by atoms with Gasteiger partial charge in [-0.2, -0.15) is 0 Å². The van der Waals surface area contributed by atoms with E-state index in [0.717, 1.165) is 77.0 Å². The number of amides is 1. The Hall–Kier alpha value is -1.80. The van der Waals surface area contributed by atoms with Crippen LogP contribution in [0.1, 0.15) is 258 Å². The molecule has 8 nitrogen and oxygen atoms in total. The molecule has 0 radical (unpaired) electrons. The van der Waals surface area contributed by atoms with Crippen LogP contribution >= 0.6 is 7.82 Å². The fourth-order valence-electron chi connectivity index (χ4n) is 8.27. The zero-order chi connectivity index (χ0) is 49.9. The summed E-state index contributed by atoms with van der Waals surface area (Å²) in [4.78, 5) is 23.3. The Morgan fingerprint density at radius 2 is 0.882 bits per heavy atom. The van der Waals surface area contributed by atoms with Gasteiger partial charge in [-0.25, -0.2) is 4.57 Å². The molecule has 0 aliphatic carbocycles. The zero-order valence-electron chi connectivity index (χ0n) is 45.3. The molecule has 0 rings (SSSR count). The third-order valence-corrected chi connectivity index (χ3v) is 13.7. The molecule has 1 amide bonds. The smallest absolute Gasteiger partial charge is 0.387 e. The molecule has 68 heavy (non-hydrogen) atoms. The number of phosphoric acid groups is 1. The highest BCUT2D eigenvalue weighted by molar-refractivity contribution is 7.47. The maximum atomic E-state index is 12.9. The molecule has 0 heterocycles. The van der Waals surface area contributed by atoms with Crippen LogP contribution < -0.4 is 5.32 Å². The van der Waals surface area contributed by atoms with Crippen LogP contribution in [0, 0.1) is 0 Å². The number of aliphatic hydroxyl groups is 1. The van der Waals surface area contributed by atoms with Crippen molar-refractivity contribution in [3.63, 3.8) is 0 Å². The van der Waals surface area contributed by atoms with Gasteiger partial charge in [-0.05, 0) is 57.8 Å². The lowest BCUT2D eigenvalue weighted by atomic mass is 10.0. The summed E-state index contributed by atoms with van der Waals surface area (Å²) in [6.07, 6.45) is 67.6. The van der Waals surface area contributed by atoms with Crippen molar-refractivity contribution in [1.82, 2.24) is 5.32 Å². The van der Waals surface area contributed by atoms with Crippen molar-refractivity contribution in [1.29, 1.82) is 0 Å². The lowest BCUT2D eigenvalue weighted by molar-refractivity contribution is -0.870. The fraction of sp³-hybridized carbons (Fsp3) is 0.814. The molecule has 0 fully saturated rings. The van der Waals surface area contributed by atoms with E-state index in [0.29, 0.717) is 17.4 Å². The SMILES string of the molecule is CC/C=C\C/C=C\C/C=C\C/C=C\CCCCCCC(=O)NC(COP(=O)(O)OCC[N+](C)(C)C)C(O)/C=C/CCCCCCCCCCCCCCCCCCCCCCCCCCCCC. The normalized spacial score (nSPS) is 14.4. The minimum Gasteiger partial charge on any atom is -0.387 e. The molecular formula is C59H112N2O6P+. The number of carbonyl (C=O) groups excluding carboxylic acids is 1. The third kappa shape index (κ3) is 52.0. The quantitative estimate of drug-likeness (QED) is 0.0243.